The van der Waals surface area contributed by atoms with Gasteiger partial charge >= 0.3 is 0 Å². The van der Waals surface area contributed by atoms with Crippen molar-refractivity contribution in [1.29, 1.82) is 0 Å². The normalized spacial score (nSPS) is 24.5. The van der Waals surface area contributed by atoms with Gasteiger partial charge in [0.1, 0.15) is 11.9 Å². The van der Waals surface area contributed by atoms with Crippen molar-refractivity contribution in [2.45, 2.75) is 53.9 Å². The molecule has 140 valence electrons. The predicted molar refractivity (Wildman–Crippen MR) is 111 cm³/mol. The zero-order chi connectivity index (χ0) is 18.8. The van der Waals surface area contributed by atoms with Gasteiger partial charge in [-0.1, -0.05) is 42.5 Å². The molecule has 0 saturated heterocycles. The molecule has 1 heterocycles. The summed E-state index contributed by atoms with van der Waals surface area (Å²) >= 11 is 0. The Kier molecular flexibility index (Phi) is 3.58. The fourth-order valence-electron chi connectivity index (χ4n) is 4.94. The van der Waals surface area contributed by atoms with Crippen molar-refractivity contribution < 1.29 is 8.95 Å². The van der Waals surface area contributed by atoms with E-state index < -0.39 is 10.8 Å². The lowest BCUT2D eigenvalue weighted by molar-refractivity contribution is 0.203. The van der Waals surface area contributed by atoms with E-state index in [0.717, 1.165) is 33.4 Å². The average Bonchev–Trinajstić information content (AvgIpc) is 3.50. The molecule has 2 nitrogen and oxygen atoms in total. The van der Waals surface area contributed by atoms with E-state index in [2.05, 4.69) is 55.5 Å². The average molecular weight is 387 g/mol. The van der Waals surface area contributed by atoms with E-state index in [1.165, 1.54) is 35.1 Å². The molecular weight excluding hydrogens is 364 g/mol. The summed E-state index contributed by atoms with van der Waals surface area (Å²) in [5.41, 5.74) is 6.20. The highest BCUT2D eigenvalue weighted by Crippen LogP contribution is 2.53. The predicted octanol–water partition coefficient (Wildman–Crippen LogP) is 6.01. The highest BCUT2D eigenvalue weighted by atomic mass is 32.2. The first-order chi connectivity index (χ1) is 13.7. The monoisotopic (exact) mass is 386 g/mol. The largest absolute Gasteiger partial charge is 0.486 e. The Hall–Kier alpha value is -2.39. The lowest BCUT2D eigenvalue weighted by atomic mass is 9.91. The van der Waals surface area contributed by atoms with E-state index >= 15 is 0 Å². The molecule has 0 amide bonds. The summed E-state index contributed by atoms with van der Waals surface area (Å²) in [6.07, 6.45) is 3.55. The fourth-order valence-corrected chi connectivity index (χ4v) is 6.61. The molecule has 0 bridgehead atoms. The van der Waals surface area contributed by atoms with E-state index in [-0.39, 0.29) is 12.0 Å². The van der Waals surface area contributed by atoms with Crippen LogP contribution in [0.5, 0.6) is 5.75 Å². The van der Waals surface area contributed by atoms with Crippen LogP contribution in [0.3, 0.4) is 0 Å². The number of rotatable bonds is 3. The number of hydrogen-bond acceptors (Lipinski definition) is 2. The van der Waals surface area contributed by atoms with Crippen molar-refractivity contribution in [3.05, 3.63) is 88.5 Å². The molecule has 1 aliphatic heterocycles. The third-order valence-electron chi connectivity index (χ3n) is 6.46. The zero-order valence-corrected chi connectivity index (χ0v) is 16.7. The molecule has 0 aromatic heterocycles. The first kappa shape index (κ1) is 16.6. The smallest absolute Gasteiger partial charge is 0.125 e. The highest BCUT2D eigenvalue weighted by Gasteiger charge is 2.41. The second kappa shape index (κ2) is 6.05. The van der Waals surface area contributed by atoms with Gasteiger partial charge in [0.25, 0.3) is 0 Å². The van der Waals surface area contributed by atoms with Crippen LogP contribution in [0.15, 0.2) is 70.5 Å². The molecule has 2 aliphatic carbocycles. The Morgan fingerprint density at radius 3 is 2.46 bits per heavy atom. The lowest BCUT2D eigenvalue weighted by Gasteiger charge is -2.25. The molecular formula is C25H22O2S. The molecule has 3 heteroatoms. The van der Waals surface area contributed by atoms with Crippen LogP contribution in [0.1, 0.15) is 65.0 Å². The van der Waals surface area contributed by atoms with Crippen molar-refractivity contribution in [3.8, 4) is 5.75 Å². The molecule has 1 fully saturated rings. The summed E-state index contributed by atoms with van der Waals surface area (Å²) in [6.45, 7) is 2.07. The van der Waals surface area contributed by atoms with Crippen LogP contribution < -0.4 is 4.74 Å². The van der Waals surface area contributed by atoms with Gasteiger partial charge < -0.3 is 4.74 Å². The van der Waals surface area contributed by atoms with Gasteiger partial charge in [-0.05, 0) is 78.1 Å². The summed E-state index contributed by atoms with van der Waals surface area (Å²) in [5.74, 6) is 1.96. The van der Waals surface area contributed by atoms with E-state index in [9.17, 15) is 4.21 Å². The summed E-state index contributed by atoms with van der Waals surface area (Å²) in [6, 6.07) is 21.2. The second-order valence-corrected chi connectivity index (χ2v) is 9.64. The van der Waals surface area contributed by atoms with Gasteiger partial charge in [-0.25, -0.2) is 4.21 Å². The summed E-state index contributed by atoms with van der Waals surface area (Å²) in [4.78, 5) is 1.98. The molecule has 0 spiro atoms. The molecule has 3 aromatic carbocycles. The standard InChI is InChI=1S/C25H22O2S/c1-15-4-2-5-19-21-14-22(27-18-12-10-17(11-13-18)16-8-9-16)20-6-3-7-23(24(20)21)28(26)25(15)19/h2-7,10-13,16,21-22H,8-9,14H2,1H3. The van der Waals surface area contributed by atoms with Crippen LogP contribution >= 0.6 is 0 Å². The number of aryl methyl sites for hydroxylation is 1. The quantitative estimate of drug-likeness (QED) is 0.551. The van der Waals surface area contributed by atoms with Crippen LogP contribution in [0.25, 0.3) is 0 Å². The molecule has 6 rings (SSSR count). The van der Waals surface area contributed by atoms with Gasteiger partial charge in [-0.2, -0.15) is 0 Å². The topological polar surface area (TPSA) is 26.3 Å². The van der Waals surface area contributed by atoms with Gasteiger partial charge in [0.2, 0.25) is 0 Å². The van der Waals surface area contributed by atoms with Gasteiger partial charge in [0.05, 0.1) is 15.7 Å². The third kappa shape index (κ3) is 2.42. The van der Waals surface area contributed by atoms with Crippen molar-refractivity contribution in [2.24, 2.45) is 0 Å². The Morgan fingerprint density at radius 1 is 0.929 bits per heavy atom. The number of hydrogen-bond donors (Lipinski definition) is 0. The Labute approximate surface area is 168 Å². The van der Waals surface area contributed by atoms with Crippen LogP contribution in [0.2, 0.25) is 0 Å². The maximum Gasteiger partial charge on any atom is 0.125 e. The van der Waals surface area contributed by atoms with E-state index in [0.29, 0.717) is 0 Å². The number of ether oxygens (including phenoxy) is 1. The molecule has 3 aliphatic rings. The Morgan fingerprint density at radius 2 is 1.68 bits per heavy atom. The summed E-state index contributed by atoms with van der Waals surface area (Å²) in [7, 11) is -1.11. The van der Waals surface area contributed by atoms with E-state index in [1.54, 1.807) is 0 Å². The first-order valence-electron chi connectivity index (χ1n) is 10.1. The van der Waals surface area contributed by atoms with Crippen LogP contribution in [0.4, 0.5) is 0 Å². The lowest BCUT2D eigenvalue weighted by Crippen LogP contribution is -2.14. The minimum absolute atomic E-state index is 0.00943. The first-order valence-corrected chi connectivity index (χ1v) is 11.3. The zero-order valence-electron chi connectivity index (χ0n) is 15.9. The Balaban J connectivity index is 1.39. The summed E-state index contributed by atoms with van der Waals surface area (Å²) in [5, 5.41) is 0. The van der Waals surface area contributed by atoms with Gasteiger partial charge in [0.15, 0.2) is 0 Å². The molecule has 1 saturated carbocycles. The minimum Gasteiger partial charge on any atom is -0.486 e. The van der Waals surface area contributed by atoms with Crippen molar-refractivity contribution >= 4 is 10.8 Å². The maximum absolute atomic E-state index is 13.3. The van der Waals surface area contributed by atoms with E-state index in [1.807, 2.05) is 12.1 Å². The van der Waals surface area contributed by atoms with Crippen molar-refractivity contribution in [1.82, 2.24) is 0 Å². The number of benzene rings is 3. The molecule has 3 unspecified atom stereocenters. The number of fused-ring (bicyclic) bond motifs is 2. The maximum atomic E-state index is 13.3. The van der Waals surface area contributed by atoms with Crippen LogP contribution in [-0.2, 0) is 10.8 Å². The van der Waals surface area contributed by atoms with Crippen LogP contribution in [0, 0.1) is 6.92 Å². The summed E-state index contributed by atoms with van der Waals surface area (Å²) < 4.78 is 19.8. The fraction of sp³-hybridized carbons (Fsp3) is 0.280. The molecule has 0 N–H and O–H groups in total. The van der Waals surface area contributed by atoms with Crippen molar-refractivity contribution in [2.75, 3.05) is 0 Å². The second-order valence-electron chi connectivity index (χ2n) is 8.26. The molecule has 3 aromatic rings. The SMILES string of the molecule is Cc1cccc2c1S(=O)c1cccc3c1C2CC3Oc1ccc(C2CC2)cc1. The van der Waals surface area contributed by atoms with E-state index in [4.69, 9.17) is 4.74 Å². The molecule has 3 atom stereocenters. The van der Waals surface area contributed by atoms with Gasteiger partial charge in [0, 0.05) is 10.8 Å². The third-order valence-corrected chi connectivity index (χ3v) is 8.14. The highest BCUT2D eigenvalue weighted by molar-refractivity contribution is 7.85. The van der Waals surface area contributed by atoms with Gasteiger partial charge in [-0.15, -0.1) is 0 Å². The van der Waals surface area contributed by atoms with Crippen molar-refractivity contribution in [3.63, 3.8) is 0 Å². The minimum atomic E-state index is -1.11. The Bertz CT molecular complexity index is 1110. The molecule has 0 radical (unpaired) electrons. The molecule has 28 heavy (non-hydrogen) atoms. The van der Waals surface area contributed by atoms with Crippen LogP contribution in [-0.4, -0.2) is 4.21 Å². The van der Waals surface area contributed by atoms with Gasteiger partial charge in [-0.3, -0.25) is 0 Å².